The third kappa shape index (κ3) is 4.23. The van der Waals surface area contributed by atoms with Crippen LogP contribution >= 0.6 is 15.9 Å². The average Bonchev–Trinajstić information content (AvgIpc) is 2.33. The van der Waals surface area contributed by atoms with Crippen LogP contribution in [0.5, 0.6) is 5.75 Å². The van der Waals surface area contributed by atoms with Crippen molar-refractivity contribution in [2.24, 2.45) is 5.41 Å². The number of ether oxygens (including phenoxy) is 1. The molecule has 0 bridgehead atoms. The van der Waals surface area contributed by atoms with Crippen LogP contribution in [0.4, 0.5) is 0 Å². The van der Waals surface area contributed by atoms with Crippen molar-refractivity contribution >= 4 is 21.9 Å². The van der Waals surface area contributed by atoms with Crippen molar-refractivity contribution in [2.75, 3.05) is 6.61 Å². The molecule has 0 aromatic heterocycles. The highest BCUT2D eigenvalue weighted by Crippen LogP contribution is 2.32. The van der Waals surface area contributed by atoms with Crippen molar-refractivity contribution in [3.8, 4) is 5.75 Å². The molecule has 0 radical (unpaired) electrons. The number of aliphatic carboxylic acids is 1. The van der Waals surface area contributed by atoms with Gasteiger partial charge in [-0.15, -0.1) is 0 Å². The van der Waals surface area contributed by atoms with Gasteiger partial charge in [-0.05, 0) is 67.6 Å². The van der Waals surface area contributed by atoms with Crippen LogP contribution < -0.4 is 4.74 Å². The van der Waals surface area contributed by atoms with Crippen molar-refractivity contribution < 1.29 is 14.6 Å². The standard InChI is InChI=1S/C15H21BrO3/c1-10-6-7-11(2)13(12(10)16)19-9-5-8-15(3,4)14(17)18/h6-7H,5,8-9H2,1-4H3,(H,17,18). The summed E-state index contributed by atoms with van der Waals surface area (Å²) < 4.78 is 6.76. The number of aryl methyl sites for hydroxylation is 2. The molecule has 1 rings (SSSR count). The Morgan fingerprint density at radius 1 is 1.32 bits per heavy atom. The lowest BCUT2D eigenvalue weighted by atomic mass is 9.88. The third-order valence-electron chi connectivity index (χ3n) is 3.26. The zero-order valence-electron chi connectivity index (χ0n) is 11.9. The number of halogens is 1. The Hall–Kier alpha value is -1.03. The maximum Gasteiger partial charge on any atom is 0.309 e. The molecule has 0 heterocycles. The van der Waals surface area contributed by atoms with Crippen molar-refractivity contribution in [3.05, 3.63) is 27.7 Å². The van der Waals surface area contributed by atoms with Gasteiger partial charge in [-0.3, -0.25) is 4.79 Å². The number of rotatable bonds is 6. The fourth-order valence-electron chi connectivity index (χ4n) is 1.72. The lowest BCUT2D eigenvalue weighted by molar-refractivity contribution is -0.147. The summed E-state index contributed by atoms with van der Waals surface area (Å²) in [6, 6.07) is 4.07. The van der Waals surface area contributed by atoms with Gasteiger partial charge in [-0.2, -0.15) is 0 Å². The fourth-order valence-corrected chi connectivity index (χ4v) is 2.28. The van der Waals surface area contributed by atoms with Gasteiger partial charge < -0.3 is 9.84 Å². The molecule has 1 N–H and O–H groups in total. The van der Waals surface area contributed by atoms with Crippen molar-refractivity contribution in [3.63, 3.8) is 0 Å². The number of benzene rings is 1. The first kappa shape index (κ1) is 16.0. The molecule has 0 aliphatic rings. The number of carbonyl (C=O) groups is 1. The minimum atomic E-state index is -0.764. The zero-order chi connectivity index (χ0) is 14.6. The van der Waals surface area contributed by atoms with Crippen LogP contribution in [-0.4, -0.2) is 17.7 Å². The number of hydrogen-bond acceptors (Lipinski definition) is 2. The molecule has 0 spiro atoms. The summed E-state index contributed by atoms with van der Waals surface area (Å²) in [5.41, 5.74) is 1.52. The van der Waals surface area contributed by atoms with Crippen LogP contribution in [0.15, 0.2) is 16.6 Å². The van der Waals surface area contributed by atoms with Gasteiger partial charge in [0.2, 0.25) is 0 Å². The molecule has 0 saturated carbocycles. The summed E-state index contributed by atoms with van der Waals surface area (Å²) in [7, 11) is 0. The van der Waals surface area contributed by atoms with E-state index in [4.69, 9.17) is 9.84 Å². The lowest BCUT2D eigenvalue weighted by Crippen LogP contribution is -2.24. The highest BCUT2D eigenvalue weighted by molar-refractivity contribution is 9.10. The van der Waals surface area contributed by atoms with E-state index in [0.717, 1.165) is 27.8 Å². The Bertz CT molecular complexity index is 467. The Morgan fingerprint density at radius 3 is 2.47 bits per heavy atom. The molecule has 19 heavy (non-hydrogen) atoms. The molecule has 4 heteroatoms. The molecule has 1 aromatic rings. The molecule has 0 aliphatic heterocycles. The second-order valence-electron chi connectivity index (χ2n) is 5.48. The molecule has 0 unspecified atom stereocenters. The molecular weight excluding hydrogens is 308 g/mol. The van der Waals surface area contributed by atoms with E-state index >= 15 is 0 Å². The van der Waals surface area contributed by atoms with Gasteiger partial charge in [0.15, 0.2) is 0 Å². The normalized spacial score (nSPS) is 11.4. The van der Waals surface area contributed by atoms with Gasteiger partial charge in [0.25, 0.3) is 0 Å². The SMILES string of the molecule is Cc1ccc(C)c(OCCCC(C)(C)C(=O)O)c1Br. The van der Waals surface area contributed by atoms with E-state index in [1.165, 1.54) is 0 Å². The lowest BCUT2D eigenvalue weighted by Gasteiger charge is -2.19. The van der Waals surface area contributed by atoms with Gasteiger partial charge in [0.05, 0.1) is 16.5 Å². The minimum absolute atomic E-state index is 0.527. The van der Waals surface area contributed by atoms with E-state index in [0.29, 0.717) is 13.0 Å². The largest absolute Gasteiger partial charge is 0.492 e. The Labute approximate surface area is 123 Å². The minimum Gasteiger partial charge on any atom is -0.492 e. The molecule has 106 valence electrons. The quantitative estimate of drug-likeness (QED) is 0.790. The summed E-state index contributed by atoms with van der Waals surface area (Å²) in [6.45, 7) is 8.02. The highest BCUT2D eigenvalue weighted by atomic mass is 79.9. The molecule has 0 fully saturated rings. The first-order chi connectivity index (χ1) is 8.75. The van der Waals surface area contributed by atoms with E-state index in [-0.39, 0.29) is 0 Å². The highest BCUT2D eigenvalue weighted by Gasteiger charge is 2.26. The van der Waals surface area contributed by atoms with Crippen LogP contribution in [0.2, 0.25) is 0 Å². The number of carboxylic acids is 1. The first-order valence-electron chi connectivity index (χ1n) is 6.37. The predicted octanol–water partition coefficient (Wildman–Crippen LogP) is 4.34. The van der Waals surface area contributed by atoms with E-state index in [1.54, 1.807) is 13.8 Å². The van der Waals surface area contributed by atoms with Crippen LogP contribution in [0.3, 0.4) is 0 Å². The molecular formula is C15H21BrO3. The second-order valence-corrected chi connectivity index (χ2v) is 6.28. The fraction of sp³-hybridized carbons (Fsp3) is 0.533. The topological polar surface area (TPSA) is 46.5 Å². The van der Waals surface area contributed by atoms with Crippen LogP contribution in [0, 0.1) is 19.3 Å². The van der Waals surface area contributed by atoms with Crippen LogP contribution in [-0.2, 0) is 4.79 Å². The van der Waals surface area contributed by atoms with Crippen LogP contribution in [0.1, 0.15) is 37.8 Å². The molecule has 0 aliphatic carbocycles. The summed E-state index contributed by atoms with van der Waals surface area (Å²) in [5.74, 6) is 0.0912. The van der Waals surface area contributed by atoms with Gasteiger partial charge in [0.1, 0.15) is 5.75 Å². The van der Waals surface area contributed by atoms with E-state index in [2.05, 4.69) is 15.9 Å². The van der Waals surface area contributed by atoms with E-state index < -0.39 is 11.4 Å². The van der Waals surface area contributed by atoms with Crippen molar-refractivity contribution in [1.82, 2.24) is 0 Å². The number of carboxylic acid groups (broad SMARTS) is 1. The summed E-state index contributed by atoms with van der Waals surface area (Å²) in [4.78, 5) is 11.0. The van der Waals surface area contributed by atoms with E-state index in [9.17, 15) is 4.79 Å². The maximum atomic E-state index is 11.0. The summed E-state index contributed by atoms with van der Waals surface area (Å²) in [5, 5.41) is 9.03. The Morgan fingerprint density at radius 2 is 1.89 bits per heavy atom. The first-order valence-corrected chi connectivity index (χ1v) is 7.17. The van der Waals surface area contributed by atoms with Crippen molar-refractivity contribution in [2.45, 2.75) is 40.5 Å². The molecule has 0 atom stereocenters. The molecule has 1 aromatic carbocycles. The van der Waals surface area contributed by atoms with Crippen molar-refractivity contribution in [1.29, 1.82) is 0 Å². The Balaban J connectivity index is 2.55. The van der Waals surface area contributed by atoms with E-state index in [1.807, 2.05) is 26.0 Å². The molecule has 0 amide bonds. The second kappa shape index (κ2) is 6.42. The number of hydrogen-bond donors (Lipinski definition) is 1. The van der Waals surface area contributed by atoms with Crippen LogP contribution in [0.25, 0.3) is 0 Å². The summed E-state index contributed by atoms with van der Waals surface area (Å²) >= 11 is 3.53. The Kier molecular flexibility index (Phi) is 5.41. The third-order valence-corrected chi connectivity index (χ3v) is 4.24. The molecule has 3 nitrogen and oxygen atoms in total. The summed E-state index contributed by atoms with van der Waals surface area (Å²) in [6.07, 6.45) is 1.32. The monoisotopic (exact) mass is 328 g/mol. The van der Waals surface area contributed by atoms with Gasteiger partial charge >= 0.3 is 5.97 Å². The molecule has 0 saturated heterocycles. The van der Waals surface area contributed by atoms with Gasteiger partial charge in [0, 0.05) is 0 Å². The van der Waals surface area contributed by atoms with Gasteiger partial charge in [-0.1, -0.05) is 12.1 Å². The maximum absolute atomic E-state index is 11.0. The average molecular weight is 329 g/mol. The smallest absolute Gasteiger partial charge is 0.309 e. The van der Waals surface area contributed by atoms with Gasteiger partial charge in [-0.25, -0.2) is 0 Å². The zero-order valence-corrected chi connectivity index (χ0v) is 13.5. The predicted molar refractivity (Wildman–Crippen MR) is 79.8 cm³/mol.